The fourth-order valence-corrected chi connectivity index (χ4v) is 3.73. The molecule has 0 fully saturated rings. The molecule has 25 heavy (non-hydrogen) atoms. The fourth-order valence-electron chi connectivity index (χ4n) is 2.87. The van der Waals surface area contributed by atoms with E-state index < -0.39 is 0 Å². The Morgan fingerprint density at radius 3 is 2.72 bits per heavy atom. The smallest absolute Gasteiger partial charge is 0.275 e. The summed E-state index contributed by atoms with van der Waals surface area (Å²) in [5.41, 5.74) is 1.73. The van der Waals surface area contributed by atoms with E-state index in [0.29, 0.717) is 11.5 Å². The van der Waals surface area contributed by atoms with Crippen LogP contribution in [0.15, 0.2) is 53.3 Å². The van der Waals surface area contributed by atoms with Gasteiger partial charge in [-0.3, -0.25) is 4.79 Å². The Balaban J connectivity index is 1.66. The predicted molar refractivity (Wildman–Crippen MR) is 103 cm³/mol. The van der Waals surface area contributed by atoms with Crippen LogP contribution in [-0.4, -0.2) is 21.6 Å². The molecule has 0 spiro atoms. The maximum absolute atomic E-state index is 12.3. The third kappa shape index (κ3) is 3.00. The third-order valence-corrected chi connectivity index (χ3v) is 5.27. The highest BCUT2D eigenvalue weighted by Crippen LogP contribution is 2.22. The van der Waals surface area contributed by atoms with Crippen LogP contribution in [0.25, 0.3) is 15.7 Å². The van der Waals surface area contributed by atoms with Gasteiger partial charge in [-0.2, -0.15) is 9.61 Å². The molecule has 2 heterocycles. The van der Waals surface area contributed by atoms with E-state index in [1.165, 1.54) is 26.6 Å². The van der Waals surface area contributed by atoms with Gasteiger partial charge in [0.15, 0.2) is 0 Å². The highest BCUT2D eigenvalue weighted by Gasteiger charge is 2.10. The van der Waals surface area contributed by atoms with Crippen molar-refractivity contribution < 1.29 is 0 Å². The van der Waals surface area contributed by atoms with Crippen molar-refractivity contribution in [3.8, 4) is 0 Å². The molecule has 0 amide bonds. The second kappa shape index (κ2) is 6.29. The molecule has 0 aliphatic heterocycles. The van der Waals surface area contributed by atoms with Crippen molar-refractivity contribution in [2.75, 3.05) is 11.9 Å². The van der Waals surface area contributed by atoms with Gasteiger partial charge in [-0.05, 0) is 29.3 Å². The van der Waals surface area contributed by atoms with Gasteiger partial charge < -0.3 is 4.90 Å². The first-order valence-electron chi connectivity index (χ1n) is 8.22. The van der Waals surface area contributed by atoms with E-state index in [9.17, 15) is 4.79 Å². The maximum Gasteiger partial charge on any atom is 0.275 e. The second-order valence-corrected chi connectivity index (χ2v) is 7.06. The number of benzene rings is 2. The van der Waals surface area contributed by atoms with Gasteiger partial charge in [-0.1, -0.05) is 48.6 Å². The molecule has 0 N–H and O–H groups in total. The van der Waals surface area contributed by atoms with Crippen molar-refractivity contribution in [2.24, 2.45) is 0 Å². The molecule has 5 nitrogen and oxygen atoms in total. The number of rotatable bonds is 4. The van der Waals surface area contributed by atoms with E-state index in [-0.39, 0.29) is 5.56 Å². The molecule has 0 saturated carbocycles. The molecular weight excluding hydrogens is 332 g/mol. The van der Waals surface area contributed by atoms with Crippen molar-refractivity contribution in [3.63, 3.8) is 0 Å². The summed E-state index contributed by atoms with van der Waals surface area (Å²) in [7, 11) is 2.01. The Labute approximate surface area is 149 Å². The summed E-state index contributed by atoms with van der Waals surface area (Å²) < 4.78 is 1.39. The average Bonchev–Trinajstić information content (AvgIpc) is 3.05. The maximum atomic E-state index is 12.3. The van der Waals surface area contributed by atoms with E-state index >= 15 is 0 Å². The van der Waals surface area contributed by atoms with Gasteiger partial charge in [0.2, 0.25) is 4.96 Å². The van der Waals surface area contributed by atoms with Gasteiger partial charge in [0, 0.05) is 18.8 Å². The lowest BCUT2D eigenvalue weighted by Crippen LogP contribution is -2.21. The summed E-state index contributed by atoms with van der Waals surface area (Å²) in [4.78, 5) is 19.6. The quantitative estimate of drug-likeness (QED) is 0.565. The number of aromatic nitrogens is 3. The van der Waals surface area contributed by atoms with Crippen LogP contribution in [-0.2, 0) is 13.0 Å². The number of anilines is 1. The molecule has 4 rings (SSSR count). The van der Waals surface area contributed by atoms with Crippen LogP contribution in [0, 0.1) is 0 Å². The minimum Gasteiger partial charge on any atom is -0.369 e. The number of fused-ring (bicyclic) bond motifs is 2. The van der Waals surface area contributed by atoms with Crippen molar-refractivity contribution >= 4 is 32.8 Å². The first kappa shape index (κ1) is 15.8. The Hall–Kier alpha value is -2.73. The highest BCUT2D eigenvalue weighted by atomic mass is 32.1. The Morgan fingerprint density at radius 1 is 1.12 bits per heavy atom. The summed E-state index contributed by atoms with van der Waals surface area (Å²) in [5.74, 6) is 0. The van der Waals surface area contributed by atoms with Crippen LogP contribution >= 0.6 is 11.3 Å². The topological polar surface area (TPSA) is 50.5 Å². The summed E-state index contributed by atoms with van der Waals surface area (Å²) in [6.45, 7) is 2.60. The molecule has 0 unspecified atom stereocenters. The lowest BCUT2D eigenvalue weighted by Gasteiger charge is -2.19. The SMILES string of the molecule is CCc1nn2c(=O)cc(CN(C)c3ccc4ccccc4c3)nc2s1. The van der Waals surface area contributed by atoms with Gasteiger partial charge in [-0.25, -0.2) is 4.98 Å². The summed E-state index contributed by atoms with van der Waals surface area (Å²) in [6.07, 6.45) is 0.805. The summed E-state index contributed by atoms with van der Waals surface area (Å²) in [6, 6.07) is 16.2. The molecule has 0 bridgehead atoms. The standard InChI is InChI=1S/C19H18N4OS/c1-3-17-21-23-18(24)11-15(20-19(23)25-17)12-22(2)16-9-8-13-6-4-5-7-14(13)10-16/h4-11H,3,12H2,1-2H3. The molecule has 0 saturated heterocycles. The normalized spacial score (nSPS) is 11.3. The predicted octanol–water partition coefficient (Wildman–Crippen LogP) is 3.50. The minimum atomic E-state index is -0.122. The molecule has 126 valence electrons. The van der Waals surface area contributed by atoms with E-state index in [1.54, 1.807) is 6.07 Å². The van der Waals surface area contributed by atoms with Crippen LogP contribution in [0.2, 0.25) is 0 Å². The van der Waals surface area contributed by atoms with Crippen molar-refractivity contribution in [1.29, 1.82) is 0 Å². The number of aryl methyl sites for hydroxylation is 1. The van der Waals surface area contributed by atoms with Crippen LogP contribution in [0.1, 0.15) is 17.6 Å². The lowest BCUT2D eigenvalue weighted by atomic mass is 10.1. The summed E-state index contributed by atoms with van der Waals surface area (Å²) >= 11 is 1.47. The Bertz CT molecular complexity index is 1120. The van der Waals surface area contributed by atoms with Crippen molar-refractivity contribution in [1.82, 2.24) is 14.6 Å². The molecule has 4 aromatic rings. The fraction of sp³-hybridized carbons (Fsp3) is 0.211. The molecule has 0 radical (unpaired) electrons. The van der Waals surface area contributed by atoms with Gasteiger partial charge in [0.1, 0.15) is 5.01 Å². The molecule has 0 atom stereocenters. The molecule has 2 aromatic heterocycles. The first-order chi connectivity index (χ1) is 12.1. The zero-order valence-electron chi connectivity index (χ0n) is 14.1. The van der Waals surface area contributed by atoms with E-state index in [1.807, 2.05) is 26.1 Å². The second-order valence-electron chi connectivity index (χ2n) is 6.02. The molecule has 0 aliphatic rings. The van der Waals surface area contributed by atoms with Gasteiger partial charge >= 0.3 is 0 Å². The van der Waals surface area contributed by atoms with Crippen molar-refractivity contribution in [3.05, 3.63) is 69.6 Å². The summed E-state index contributed by atoms with van der Waals surface area (Å²) in [5, 5.41) is 7.63. The molecule has 0 aliphatic carbocycles. The molecule has 2 aromatic carbocycles. The van der Waals surface area contributed by atoms with E-state index in [2.05, 4.69) is 45.3 Å². The Kier molecular flexibility index (Phi) is 3.97. The number of hydrogen-bond acceptors (Lipinski definition) is 5. The monoisotopic (exact) mass is 350 g/mol. The zero-order valence-corrected chi connectivity index (χ0v) is 15.0. The van der Waals surface area contributed by atoms with Crippen LogP contribution in [0.4, 0.5) is 5.69 Å². The molecule has 6 heteroatoms. The number of hydrogen-bond donors (Lipinski definition) is 0. The largest absolute Gasteiger partial charge is 0.369 e. The van der Waals surface area contributed by atoms with Crippen LogP contribution < -0.4 is 10.5 Å². The lowest BCUT2D eigenvalue weighted by molar-refractivity contribution is 0.826. The van der Waals surface area contributed by atoms with Crippen LogP contribution in [0.5, 0.6) is 0 Å². The third-order valence-electron chi connectivity index (χ3n) is 4.22. The Morgan fingerprint density at radius 2 is 1.92 bits per heavy atom. The first-order valence-corrected chi connectivity index (χ1v) is 9.04. The van der Waals surface area contributed by atoms with Gasteiger partial charge in [-0.15, -0.1) is 0 Å². The van der Waals surface area contributed by atoms with E-state index in [4.69, 9.17) is 0 Å². The number of nitrogens with zero attached hydrogens (tertiary/aromatic N) is 4. The molecular formula is C19H18N4OS. The van der Waals surface area contributed by atoms with E-state index in [0.717, 1.165) is 22.8 Å². The average molecular weight is 350 g/mol. The van der Waals surface area contributed by atoms with Crippen molar-refractivity contribution in [2.45, 2.75) is 19.9 Å². The minimum absolute atomic E-state index is 0.122. The van der Waals surface area contributed by atoms with Gasteiger partial charge in [0.25, 0.3) is 5.56 Å². The van der Waals surface area contributed by atoms with Crippen LogP contribution in [0.3, 0.4) is 0 Å². The zero-order chi connectivity index (χ0) is 17.4. The van der Waals surface area contributed by atoms with Gasteiger partial charge in [0.05, 0.1) is 12.2 Å². The highest BCUT2D eigenvalue weighted by molar-refractivity contribution is 7.16.